The van der Waals surface area contributed by atoms with Crippen molar-refractivity contribution in [3.05, 3.63) is 11.9 Å². The van der Waals surface area contributed by atoms with E-state index in [1.807, 2.05) is 6.92 Å². The maximum Gasteiger partial charge on any atom is 0.273 e. The summed E-state index contributed by atoms with van der Waals surface area (Å²) in [7, 11) is 1.70. The predicted octanol–water partition coefficient (Wildman–Crippen LogP) is 1.03. The van der Waals surface area contributed by atoms with Crippen LogP contribution in [0.1, 0.15) is 36.7 Å². The molecule has 2 rings (SSSR count). The van der Waals surface area contributed by atoms with Crippen molar-refractivity contribution in [2.24, 2.45) is 5.41 Å². The van der Waals surface area contributed by atoms with Gasteiger partial charge in [0.2, 0.25) is 0 Å². The zero-order valence-electron chi connectivity index (χ0n) is 11.6. The van der Waals surface area contributed by atoms with Gasteiger partial charge >= 0.3 is 0 Å². The fourth-order valence-corrected chi connectivity index (χ4v) is 2.14. The van der Waals surface area contributed by atoms with Gasteiger partial charge in [0.05, 0.1) is 5.69 Å². The second-order valence-electron chi connectivity index (χ2n) is 5.21. The number of aryl methyl sites for hydroxylation is 1. The third kappa shape index (κ3) is 3.26. The molecule has 1 aromatic rings. The molecule has 1 aromatic heterocycles. The largest absolute Gasteiger partial charge is 0.396 e. The highest BCUT2D eigenvalue weighted by Gasteiger charge is 2.42. The van der Waals surface area contributed by atoms with E-state index in [1.54, 1.807) is 18.0 Å². The summed E-state index contributed by atoms with van der Waals surface area (Å²) >= 11 is 0. The van der Waals surface area contributed by atoms with Gasteiger partial charge in [-0.05, 0) is 31.6 Å². The van der Waals surface area contributed by atoms with E-state index in [1.165, 1.54) is 0 Å². The van der Waals surface area contributed by atoms with Gasteiger partial charge in [-0.3, -0.25) is 9.48 Å². The van der Waals surface area contributed by atoms with Crippen LogP contribution in [0.5, 0.6) is 0 Å². The van der Waals surface area contributed by atoms with E-state index in [0.29, 0.717) is 24.5 Å². The highest BCUT2D eigenvalue weighted by molar-refractivity contribution is 5.97. The number of methoxy groups -OCH3 is 1. The summed E-state index contributed by atoms with van der Waals surface area (Å²) in [4.78, 5) is 12.0. The van der Waals surface area contributed by atoms with Gasteiger partial charge in [-0.25, -0.2) is 0 Å². The van der Waals surface area contributed by atoms with Crippen molar-refractivity contribution in [2.45, 2.75) is 32.7 Å². The monoisotopic (exact) mass is 266 g/mol. The van der Waals surface area contributed by atoms with Crippen molar-refractivity contribution in [2.75, 3.05) is 26.0 Å². The summed E-state index contributed by atoms with van der Waals surface area (Å²) in [5.41, 5.74) is 6.77. The molecule has 0 radical (unpaired) electrons. The van der Waals surface area contributed by atoms with Crippen molar-refractivity contribution in [1.29, 1.82) is 0 Å². The fraction of sp³-hybridized carbons (Fsp3) is 0.692. The lowest BCUT2D eigenvalue weighted by molar-refractivity contribution is 0.0933. The Kier molecular flexibility index (Phi) is 4.09. The first-order valence-corrected chi connectivity index (χ1v) is 6.70. The number of nitrogen functional groups attached to an aromatic ring is 1. The maximum absolute atomic E-state index is 12.0. The van der Waals surface area contributed by atoms with E-state index in [2.05, 4.69) is 10.4 Å². The number of carbonyl (C=O) groups excluding carboxylic acids is 1. The summed E-state index contributed by atoms with van der Waals surface area (Å²) in [5.74, 6) is -0.187. The molecule has 0 atom stereocenters. The summed E-state index contributed by atoms with van der Waals surface area (Å²) < 4.78 is 6.77. The molecular weight excluding hydrogens is 244 g/mol. The van der Waals surface area contributed by atoms with Crippen LogP contribution in [0.3, 0.4) is 0 Å². The molecule has 0 aromatic carbocycles. The number of rotatable bonds is 7. The molecule has 0 spiro atoms. The van der Waals surface area contributed by atoms with Crippen LogP contribution in [0, 0.1) is 5.41 Å². The van der Waals surface area contributed by atoms with Gasteiger partial charge in [0.1, 0.15) is 0 Å². The maximum atomic E-state index is 12.0. The minimum Gasteiger partial charge on any atom is -0.396 e. The number of hydrogen-bond donors (Lipinski definition) is 2. The van der Waals surface area contributed by atoms with E-state index in [-0.39, 0.29) is 11.3 Å². The first-order chi connectivity index (χ1) is 9.10. The first kappa shape index (κ1) is 13.9. The van der Waals surface area contributed by atoms with Gasteiger partial charge in [-0.1, -0.05) is 0 Å². The molecule has 0 unspecified atom stereocenters. The van der Waals surface area contributed by atoms with Crippen LogP contribution in [0.15, 0.2) is 6.20 Å². The third-order valence-electron chi connectivity index (χ3n) is 3.75. The topological polar surface area (TPSA) is 82.2 Å². The number of carbonyl (C=O) groups is 1. The minimum absolute atomic E-state index is 0.187. The van der Waals surface area contributed by atoms with Gasteiger partial charge in [0.15, 0.2) is 5.69 Å². The molecule has 6 nitrogen and oxygen atoms in total. The van der Waals surface area contributed by atoms with Crippen LogP contribution in [-0.4, -0.2) is 35.9 Å². The molecule has 0 bridgehead atoms. The third-order valence-corrected chi connectivity index (χ3v) is 3.75. The van der Waals surface area contributed by atoms with Crippen molar-refractivity contribution < 1.29 is 9.53 Å². The Hall–Kier alpha value is -1.56. The zero-order valence-corrected chi connectivity index (χ0v) is 11.6. The SMILES string of the molecule is CCn1cc(N)c(C(=O)NCC2(CCOC)CC2)n1. The van der Waals surface area contributed by atoms with E-state index >= 15 is 0 Å². The van der Waals surface area contributed by atoms with Gasteiger partial charge in [0, 0.05) is 33.0 Å². The van der Waals surface area contributed by atoms with Crippen LogP contribution in [-0.2, 0) is 11.3 Å². The lowest BCUT2D eigenvalue weighted by Crippen LogP contribution is -2.31. The average molecular weight is 266 g/mol. The summed E-state index contributed by atoms with van der Waals surface area (Å²) in [6.45, 7) is 4.07. The highest BCUT2D eigenvalue weighted by Crippen LogP contribution is 2.48. The Morgan fingerprint density at radius 3 is 2.89 bits per heavy atom. The van der Waals surface area contributed by atoms with Crippen LogP contribution in [0.2, 0.25) is 0 Å². The number of aromatic nitrogens is 2. The van der Waals surface area contributed by atoms with E-state index < -0.39 is 0 Å². The lowest BCUT2D eigenvalue weighted by Gasteiger charge is -2.14. The van der Waals surface area contributed by atoms with E-state index in [0.717, 1.165) is 25.9 Å². The van der Waals surface area contributed by atoms with Gasteiger partial charge < -0.3 is 15.8 Å². The number of ether oxygens (including phenoxy) is 1. The molecule has 6 heteroatoms. The summed E-state index contributed by atoms with van der Waals surface area (Å²) in [5, 5.41) is 7.10. The quantitative estimate of drug-likeness (QED) is 0.772. The van der Waals surface area contributed by atoms with Gasteiger partial charge in [0.25, 0.3) is 5.91 Å². The van der Waals surface area contributed by atoms with E-state index in [4.69, 9.17) is 10.5 Å². The number of nitrogens with two attached hydrogens (primary N) is 1. The van der Waals surface area contributed by atoms with Gasteiger partial charge in [-0.2, -0.15) is 5.10 Å². The van der Waals surface area contributed by atoms with Crippen molar-refractivity contribution in [3.8, 4) is 0 Å². The predicted molar refractivity (Wildman–Crippen MR) is 72.8 cm³/mol. The Balaban J connectivity index is 1.89. The highest BCUT2D eigenvalue weighted by atomic mass is 16.5. The number of nitrogens with zero attached hydrogens (tertiary/aromatic N) is 2. The summed E-state index contributed by atoms with van der Waals surface area (Å²) in [6, 6.07) is 0. The van der Waals surface area contributed by atoms with Crippen molar-refractivity contribution >= 4 is 11.6 Å². The normalized spacial score (nSPS) is 16.3. The molecule has 1 heterocycles. The molecule has 1 amide bonds. The second-order valence-corrected chi connectivity index (χ2v) is 5.21. The molecule has 1 saturated carbocycles. The Bertz CT molecular complexity index is 451. The molecule has 3 N–H and O–H groups in total. The number of anilines is 1. The lowest BCUT2D eigenvalue weighted by atomic mass is 10.0. The molecule has 19 heavy (non-hydrogen) atoms. The summed E-state index contributed by atoms with van der Waals surface area (Å²) in [6.07, 6.45) is 4.97. The van der Waals surface area contributed by atoms with Gasteiger partial charge in [-0.15, -0.1) is 0 Å². The van der Waals surface area contributed by atoms with Crippen molar-refractivity contribution in [3.63, 3.8) is 0 Å². The van der Waals surface area contributed by atoms with Crippen LogP contribution in [0.4, 0.5) is 5.69 Å². The minimum atomic E-state index is -0.187. The number of amides is 1. The van der Waals surface area contributed by atoms with Crippen LogP contribution >= 0.6 is 0 Å². The Labute approximate surface area is 113 Å². The molecule has 1 aliphatic carbocycles. The molecule has 106 valence electrons. The molecule has 1 aliphatic rings. The molecule has 0 aliphatic heterocycles. The smallest absolute Gasteiger partial charge is 0.273 e. The van der Waals surface area contributed by atoms with Crippen molar-refractivity contribution in [1.82, 2.24) is 15.1 Å². The second kappa shape index (κ2) is 5.61. The standard InChI is InChI=1S/C13H22N4O2/c1-3-17-8-10(14)11(16-17)12(18)15-9-13(4-5-13)6-7-19-2/h8H,3-7,9,14H2,1-2H3,(H,15,18). The van der Waals surface area contributed by atoms with E-state index in [9.17, 15) is 4.79 Å². The first-order valence-electron chi connectivity index (χ1n) is 6.70. The Morgan fingerprint density at radius 2 is 2.37 bits per heavy atom. The fourth-order valence-electron chi connectivity index (χ4n) is 2.14. The molecule has 1 fully saturated rings. The van der Waals surface area contributed by atoms with Crippen LogP contribution in [0.25, 0.3) is 0 Å². The van der Waals surface area contributed by atoms with Crippen LogP contribution < -0.4 is 11.1 Å². The molecular formula is C13H22N4O2. The Morgan fingerprint density at radius 1 is 1.63 bits per heavy atom. The average Bonchev–Trinajstić information content (AvgIpc) is 3.09. The number of hydrogen-bond acceptors (Lipinski definition) is 4. The number of nitrogens with one attached hydrogen (secondary N) is 1. The zero-order chi connectivity index (χ0) is 13.9. The molecule has 0 saturated heterocycles.